The van der Waals surface area contributed by atoms with Crippen molar-refractivity contribution in [2.75, 3.05) is 13.1 Å². The van der Waals surface area contributed by atoms with E-state index in [4.69, 9.17) is 9.84 Å². The van der Waals surface area contributed by atoms with Crippen molar-refractivity contribution < 1.29 is 24.2 Å². The molecule has 1 heterocycles. The maximum absolute atomic E-state index is 12.3. The number of aliphatic carboxylic acids is 1. The number of nitrogens with one attached hydrogen (secondary N) is 1. The smallest absolute Gasteiger partial charge is 0.311 e. The van der Waals surface area contributed by atoms with Crippen LogP contribution in [0.4, 0.5) is 0 Å². The summed E-state index contributed by atoms with van der Waals surface area (Å²) in [5.74, 6) is -2.17. The van der Waals surface area contributed by atoms with Crippen LogP contribution in [0, 0.1) is 5.92 Å². The second-order valence-corrected chi connectivity index (χ2v) is 7.03. The predicted octanol–water partition coefficient (Wildman–Crippen LogP) is 2.21. The molecule has 1 aliphatic rings. The fourth-order valence-corrected chi connectivity index (χ4v) is 3.28. The molecule has 1 atom stereocenters. The van der Waals surface area contributed by atoms with Crippen LogP contribution in [0.15, 0.2) is 54.6 Å². The van der Waals surface area contributed by atoms with Crippen molar-refractivity contribution in [1.82, 2.24) is 10.2 Å². The minimum Gasteiger partial charge on any atom is -0.489 e. The van der Waals surface area contributed by atoms with Crippen molar-refractivity contribution in [3.8, 4) is 5.75 Å². The normalized spacial score (nSPS) is 16.1. The number of carboxylic acid groups (broad SMARTS) is 1. The standard InChI is InChI=1S/C22H24N2O5/c25-20(21(26)24-11-5-8-18(14-24)22(27)28)23-13-16-6-4-7-17(12-16)15-29-19-9-2-1-3-10-19/h1-4,6-7,9-10,12,18H,5,8,11,13-15H2,(H,23,25)(H,27,28). The second-order valence-electron chi connectivity index (χ2n) is 7.03. The molecule has 2 N–H and O–H groups in total. The van der Waals surface area contributed by atoms with Crippen LogP contribution in [0.2, 0.25) is 0 Å². The Morgan fingerprint density at radius 1 is 1.07 bits per heavy atom. The first-order valence-electron chi connectivity index (χ1n) is 9.58. The highest BCUT2D eigenvalue weighted by Crippen LogP contribution is 2.17. The van der Waals surface area contributed by atoms with Gasteiger partial charge in [0.2, 0.25) is 0 Å². The number of likely N-dealkylation sites (tertiary alicyclic amines) is 1. The molecule has 2 aromatic carbocycles. The van der Waals surface area contributed by atoms with Crippen LogP contribution in [0.3, 0.4) is 0 Å². The van der Waals surface area contributed by atoms with Crippen LogP contribution < -0.4 is 10.1 Å². The van der Waals surface area contributed by atoms with Gasteiger partial charge in [0, 0.05) is 19.6 Å². The minimum atomic E-state index is -0.933. The van der Waals surface area contributed by atoms with Crippen molar-refractivity contribution in [2.45, 2.75) is 26.0 Å². The van der Waals surface area contributed by atoms with E-state index in [1.54, 1.807) is 0 Å². The van der Waals surface area contributed by atoms with E-state index in [1.807, 2.05) is 54.6 Å². The SMILES string of the molecule is O=C(NCc1cccc(COc2ccccc2)c1)C(=O)N1CCCC(C(=O)O)C1. The Balaban J connectivity index is 1.50. The zero-order valence-corrected chi connectivity index (χ0v) is 16.0. The predicted molar refractivity (Wildman–Crippen MR) is 106 cm³/mol. The van der Waals surface area contributed by atoms with Gasteiger partial charge in [-0.2, -0.15) is 0 Å². The fraction of sp³-hybridized carbons (Fsp3) is 0.318. The van der Waals surface area contributed by atoms with Crippen LogP contribution in [0.5, 0.6) is 5.75 Å². The van der Waals surface area contributed by atoms with E-state index in [0.29, 0.717) is 26.0 Å². The second kappa shape index (κ2) is 9.73. The van der Waals surface area contributed by atoms with E-state index in [-0.39, 0.29) is 13.1 Å². The van der Waals surface area contributed by atoms with Gasteiger partial charge in [-0.25, -0.2) is 0 Å². The molecule has 0 bridgehead atoms. The highest BCUT2D eigenvalue weighted by atomic mass is 16.5. The summed E-state index contributed by atoms with van der Waals surface area (Å²) in [7, 11) is 0. The molecule has 0 aliphatic carbocycles. The van der Waals surface area contributed by atoms with Gasteiger partial charge in [-0.1, -0.05) is 42.5 Å². The Hall–Kier alpha value is -3.35. The average Bonchev–Trinajstić information content (AvgIpc) is 2.76. The molecule has 2 aromatic rings. The van der Waals surface area contributed by atoms with Gasteiger partial charge in [0.05, 0.1) is 5.92 Å². The number of rotatable bonds is 6. The Kier molecular flexibility index (Phi) is 6.84. The number of carbonyl (C=O) groups excluding carboxylic acids is 2. The van der Waals surface area contributed by atoms with E-state index < -0.39 is 23.7 Å². The topological polar surface area (TPSA) is 95.9 Å². The summed E-state index contributed by atoms with van der Waals surface area (Å²) < 4.78 is 5.72. The lowest BCUT2D eigenvalue weighted by atomic mass is 9.98. The van der Waals surface area contributed by atoms with E-state index >= 15 is 0 Å². The van der Waals surface area contributed by atoms with Gasteiger partial charge < -0.3 is 20.1 Å². The number of benzene rings is 2. The maximum Gasteiger partial charge on any atom is 0.311 e. The highest BCUT2D eigenvalue weighted by molar-refractivity contribution is 6.35. The quantitative estimate of drug-likeness (QED) is 0.730. The molecule has 29 heavy (non-hydrogen) atoms. The number of hydrogen-bond acceptors (Lipinski definition) is 4. The van der Waals surface area contributed by atoms with Crippen molar-refractivity contribution in [1.29, 1.82) is 0 Å². The Bertz CT molecular complexity index is 869. The lowest BCUT2D eigenvalue weighted by Gasteiger charge is -2.30. The van der Waals surface area contributed by atoms with E-state index in [0.717, 1.165) is 16.9 Å². The number of carbonyl (C=O) groups is 3. The van der Waals surface area contributed by atoms with Crippen LogP contribution in [-0.2, 0) is 27.5 Å². The zero-order valence-electron chi connectivity index (χ0n) is 16.0. The van der Waals surface area contributed by atoms with Crippen molar-refractivity contribution in [3.05, 3.63) is 65.7 Å². The lowest BCUT2D eigenvalue weighted by molar-refractivity contribution is -0.150. The Labute approximate surface area is 169 Å². The summed E-state index contributed by atoms with van der Waals surface area (Å²) >= 11 is 0. The number of piperidine rings is 1. The van der Waals surface area contributed by atoms with Crippen LogP contribution in [-0.4, -0.2) is 40.9 Å². The number of amides is 2. The average molecular weight is 396 g/mol. The molecule has 0 spiro atoms. The molecule has 3 rings (SSSR count). The molecule has 0 radical (unpaired) electrons. The molecule has 1 aliphatic heterocycles. The lowest BCUT2D eigenvalue weighted by Crippen LogP contribution is -2.48. The number of ether oxygens (including phenoxy) is 1. The number of hydrogen-bond donors (Lipinski definition) is 2. The Morgan fingerprint density at radius 3 is 2.59 bits per heavy atom. The van der Waals surface area contributed by atoms with Crippen molar-refractivity contribution in [3.63, 3.8) is 0 Å². The third-order valence-electron chi connectivity index (χ3n) is 4.85. The maximum atomic E-state index is 12.3. The van der Waals surface area contributed by atoms with Crippen molar-refractivity contribution in [2.24, 2.45) is 5.92 Å². The van der Waals surface area contributed by atoms with Gasteiger partial charge in [0.25, 0.3) is 0 Å². The first kappa shape index (κ1) is 20.4. The summed E-state index contributed by atoms with van der Waals surface area (Å²) in [6.45, 7) is 1.09. The molecule has 1 fully saturated rings. The molecule has 152 valence electrons. The summed E-state index contributed by atoms with van der Waals surface area (Å²) in [5, 5.41) is 11.7. The zero-order chi connectivity index (χ0) is 20.6. The highest BCUT2D eigenvalue weighted by Gasteiger charge is 2.30. The molecular formula is C22H24N2O5. The van der Waals surface area contributed by atoms with Crippen LogP contribution >= 0.6 is 0 Å². The molecule has 0 aromatic heterocycles. The van der Waals surface area contributed by atoms with Gasteiger partial charge in [-0.15, -0.1) is 0 Å². The molecule has 7 nitrogen and oxygen atoms in total. The van der Waals surface area contributed by atoms with Crippen LogP contribution in [0.25, 0.3) is 0 Å². The Morgan fingerprint density at radius 2 is 1.83 bits per heavy atom. The molecule has 0 saturated carbocycles. The summed E-state index contributed by atoms with van der Waals surface area (Å²) in [6.07, 6.45) is 1.11. The summed E-state index contributed by atoms with van der Waals surface area (Å²) in [4.78, 5) is 37.0. The van der Waals surface area contributed by atoms with E-state index in [1.165, 1.54) is 4.90 Å². The largest absolute Gasteiger partial charge is 0.489 e. The summed E-state index contributed by atoms with van der Waals surface area (Å²) in [6, 6.07) is 17.1. The summed E-state index contributed by atoms with van der Waals surface area (Å²) in [5.41, 5.74) is 1.80. The molecule has 1 unspecified atom stereocenters. The molecule has 1 saturated heterocycles. The fourth-order valence-electron chi connectivity index (χ4n) is 3.28. The number of carboxylic acids is 1. The monoisotopic (exact) mass is 396 g/mol. The van der Waals surface area contributed by atoms with E-state index in [2.05, 4.69) is 5.32 Å². The van der Waals surface area contributed by atoms with Crippen molar-refractivity contribution >= 4 is 17.8 Å². The van der Waals surface area contributed by atoms with E-state index in [9.17, 15) is 14.4 Å². The third kappa shape index (κ3) is 5.81. The van der Waals surface area contributed by atoms with Crippen LogP contribution in [0.1, 0.15) is 24.0 Å². The first-order valence-corrected chi connectivity index (χ1v) is 9.58. The van der Waals surface area contributed by atoms with Gasteiger partial charge in [-0.05, 0) is 36.1 Å². The molecule has 2 amide bonds. The van der Waals surface area contributed by atoms with Gasteiger partial charge in [-0.3, -0.25) is 14.4 Å². The number of para-hydroxylation sites is 1. The third-order valence-corrected chi connectivity index (χ3v) is 4.85. The number of nitrogens with zero attached hydrogens (tertiary/aromatic N) is 1. The van der Waals surface area contributed by atoms with Gasteiger partial charge in [0.15, 0.2) is 0 Å². The van der Waals surface area contributed by atoms with Gasteiger partial charge in [0.1, 0.15) is 12.4 Å². The first-order chi connectivity index (χ1) is 14.0. The molecule has 7 heteroatoms. The van der Waals surface area contributed by atoms with Gasteiger partial charge >= 0.3 is 17.8 Å². The minimum absolute atomic E-state index is 0.0773. The molecular weight excluding hydrogens is 372 g/mol.